The van der Waals surface area contributed by atoms with E-state index in [1.165, 1.54) is 30.7 Å². The molecular formula is C24H29FN2O3. The molecule has 4 rings (SSSR count). The van der Waals surface area contributed by atoms with Crippen LogP contribution in [0.4, 0.5) is 15.8 Å². The van der Waals surface area contributed by atoms with Crippen LogP contribution in [0.5, 0.6) is 5.75 Å². The summed E-state index contributed by atoms with van der Waals surface area (Å²) in [7, 11) is 1.41. The van der Waals surface area contributed by atoms with Gasteiger partial charge in [0.25, 0.3) is 0 Å². The number of esters is 1. The fourth-order valence-electron chi connectivity index (χ4n) is 4.27. The van der Waals surface area contributed by atoms with Crippen LogP contribution in [-0.2, 0) is 22.4 Å². The molecule has 1 saturated carbocycles. The number of anilines is 2. The fraction of sp³-hybridized carbons (Fsp3) is 0.458. The van der Waals surface area contributed by atoms with Gasteiger partial charge in [0.2, 0.25) is 0 Å². The van der Waals surface area contributed by atoms with Crippen LogP contribution in [0.15, 0.2) is 30.3 Å². The van der Waals surface area contributed by atoms with Crippen LogP contribution in [0, 0.1) is 5.82 Å². The van der Waals surface area contributed by atoms with Gasteiger partial charge in [0, 0.05) is 25.1 Å². The minimum absolute atomic E-state index is 0.0260. The molecule has 2 aromatic rings. The van der Waals surface area contributed by atoms with E-state index in [0.29, 0.717) is 36.5 Å². The number of halogens is 1. The lowest BCUT2D eigenvalue weighted by Crippen LogP contribution is -2.34. The molecular weight excluding hydrogens is 383 g/mol. The van der Waals surface area contributed by atoms with E-state index in [0.717, 1.165) is 24.8 Å². The van der Waals surface area contributed by atoms with Gasteiger partial charge >= 0.3 is 5.97 Å². The maximum atomic E-state index is 14.9. The average molecular weight is 413 g/mol. The third kappa shape index (κ3) is 4.09. The number of nitrogens with two attached hydrogens (primary N) is 1. The summed E-state index contributed by atoms with van der Waals surface area (Å²) in [5.41, 5.74) is 10.5. The number of fused-ring (bicyclic) bond motifs is 1. The highest BCUT2D eigenvalue weighted by atomic mass is 19.1. The number of hydrogen-bond acceptors (Lipinski definition) is 5. The van der Waals surface area contributed by atoms with Gasteiger partial charge < -0.3 is 20.1 Å². The summed E-state index contributed by atoms with van der Waals surface area (Å²) in [5, 5.41) is 0. The summed E-state index contributed by atoms with van der Waals surface area (Å²) in [4.78, 5) is 13.5. The monoisotopic (exact) mass is 412 g/mol. The van der Waals surface area contributed by atoms with Gasteiger partial charge in [-0.25, -0.2) is 4.39 Å². The van der Waals surface area contributed by atoms with Crippen molar-refractivity contribution in [1.82, 2.24) is 0 Å². The van der Waals surface area contributed by atoms with Gasteiger partial charge in [-0.2, -0.15) is 0 Å². The molecule has 0 bridgehead atoms. The summed E-state index contributed by atoms with van der Waals surface area (Å²) in [6, 6.07) is 9.47. The number of aryl methyl sites for hydroxylation is 1. The van der Waals surface area contributed by atoms with E-state index in [1.54, 1.807) is 6.07 Å². The SMILES string of the molecule is COC(=O)CCc1ccc2c(c1)CCN(c1cc(OC3CCC3)c(N)cc1F)C2C. The lowest BCUT2D eigenvalue weighted by atomic mass is 9.90. The van der Waals surface area contributed by atoms with E-state index < -0.39 is 0 Å². The number of carbonyl (C=O) groups excluding carboxylic acids is 1. The number of hydrogen-bond donors (Lipinski definition) is 1. The first-order valence-corrected chi connectivity index (χ1v) is 10.7. The predicted octanol–water partition coefficient (Wildman–Crippen LogP) is 4.57. The minimum atomic E-state index is -0.321. The maximum Gasteiger partial charge on any atom is 0.305 e. The van der Waals surface area contributed by atoms with Gasteiger partial charge in [0.15, 0.2) is 0 Å². The number of nitrogens with zero attached hydrogens (tertiary/aromatic N) is 1. The average Bonchev–Trinajstić information content (AvgIpc) is 2.70. The molecule has 0 radical (unpaired) electrons. The van der Waals surface area contributed by atoms with Crippen molar-refractivity contribution in [2.45, 2.75) is 57.6 Å². The Morgan fingerprint density at radius 1 is 1.27 bits per heavy atom. The largest absolute Gasteiger partial charge is 0.488 e. The van der Waals surface area contributed by atoms with Crippen LogP contribution in [0.2, 0.25) is 0 Å². The molecule has 160 valence electrons. The Morgan fingerprint density at radius 3 is 2.77 bits per heavy atom. The zero-order valence-corrected chi connectivity index (χ0v) is 17.6. The molecule has 5 nitrogen and oxygen atoms in total. The van der Waals surface area contributed by atoms with Gasteiger partial charge in [0.1, 0.15) is 11.6 Å². The summed E-state index contributed by atoms with van der Waals surface area (Å²) in [5.74, 6) is 0.0525. The molecule has 0 amide bonds. The lowest BCUT2D eigenvalue weighted by Gasteiger charge is -2.38. The van der Waals surface area contributed by atoms with E-state index in [-0.39, 0.29) is 23.9 Å². The first kappa shape index (κ1) is 20.5. The molecule has 6 heteroatoms. The van der Waals surface area contributed by atoms with Gasteiger partial charge in [-0.15, -0.1) is 0 Å². The van der Waals surface area contributed by atoms with Crippen molar-refractivity contribution in [2.24, 2.45) is 0 Å². The second kappa shape index (κ2) is 8.54. The maximum absolute atomic E-state index is 14.9. The Balaban J connectivity index is 1.55. The smallest absolute Gasteiger partial charge is 0.305 e. The van der Waals surface area contributed by atoms with E-state index >= 15 is 0 Å². The predicted molar refractivity (Wildman–Crippen MR) is 115 cm³/mol. The second-order valence-electron chi connectivity index (χ2n) is 8.24. The first-order valence-electron chi connectivity index (χ1n) is 10.7. The number of carbonyl (C=O) groups is 1. The fourth-order valence-corrected chi connectivity index (χ4v) is 4.27. The Morgan fingerprint density at radius 2 is 2.07 bits per heavy atom. The molecule has 1 fully saturated rings. The van der Waals surface area contributed by atoms with Crippen LogP contribution < -0.4 is 15.4 Å². The van der Waals surface area contributed by atoms with Crippen molar-refractivity contribution < 1.29 is 18.7 Å². The Kier molecular flexibility index (Phi) is 5.84. The van der Waals surface area contributed by atoms with E-state index in [2.05, 4.69) is 24.0 Å². The quantitative estimate of drug-likeness (QED) is 0.556. The van der Waals surface area contributed by atoms with Crippen LogP contribution >= 0.6 is 0 Å². The van der Waals surface area contributed by atoms with Crippen molar-refractivity contribution in [1.29, 1.82) is 0 Å². The normalized spacial score (nSPS) is 18.5. The summed E-state index contributed by atoms with van der Waals surface area (Å²) in [6.45, 7) is 2.80. The molecule has 2 N–H and O–H groups in total. The molecule has 1 atom stereocenters. The zero-order valence-electron chi connectivity index (χ0n) is 17.6. The third-order valence-electron chi connectivity index (χ3n) is 6.33. The third-order valence-corrected chi connectivity index (χ3v) is 6.33. The van der Waals surface area contributed by atoms with E-state index in [9.17, 15) is 9.18 Å². The van der Waals surface area contributed by atoms with Crippen molar-refractivity contribution in [3.8, 4) is 5.75 Å². The van der Waals surface area contributed by atoms with Crippen LogP contribution in [0.3, 0.4) is 0 Å². The zero-order chi connectivity index (χ0) is 21.3. The Bertz CT molecular complexity index is 942. The summed E-state index contributed by atoms with van der Waals surface area (Å²) in [6.07, 6.45) is 5.25. The van der Waals surface area contributed by atoms with Gasteiger partial charge in [-0.3, -0.25) is 4.79 Å². The Hall–Kier alpha value is -2.76. The molecule has 2 aromatic carbocycles. The lowest BCUT2D eigenvalue weighted by molar-refractivity contribution is -0.140. The molecule has 0 aromatic heterocycles. The highest BCUT2D eigenvalue weighted by Crippen LogP contribution is 2.39. The van der Waals surface area contributed by atoms with Crippen LogP contribution in [0.25, 0.3) is 0 Å². The Labute approximate surface area is 177 Å². The molecule has 30 heavy (non-hydrogen) atoms. The number of benzene rings is 2. The summed E-state index contributed by atoms with van der Waals surface area (Å²) >= 11 is 0. The van der Waals surface area contributed by atoms with Crippen molar-refractivity contribution >= 4 is 17.3 Å². The molecule has 0 saturated heterocycles. The minimum Gasteiger partial charge on any atom is -0.488 e. The van der Waals surface area contributed by atoms with Crippen molar-refractivity contribution in [3.05, 3.63) is 52.8 Å². The number of rotatable bonds is 6. The number of nitrogen functional groups attached to an aromatic ring is 1. The molecule has 1 aliphatic carbocycles. The molecule has 2 aliphatic rings. The van der Waals surface area contributed by atoms with E-state index in [4.69, 9.17) is 15.2 Å². The number of ether oxygens (including phenoxy) is 2. The first-order chi connectivity index (χ1) is 14.5. The van der Waals surface area contributed by atoms with Crippen molar-refractivity contribution in [3.63, 3.8) is 0 Å². The van der Waals surface area contributed by atoms with Gasteiger partial charge in [-0.1, -0.05) is 18.2 Å². The standard InChI is InChI=1S/C24H29FN2O3/c1-15-19-8-6-16(7-9-24(28)29-2)12-17(19)10-11-27(15)22-14-23(21(26)13-20(22)25)30-18-4-3-5-18/h6,8,12-15,18H,3-5,7,9-11,26H2,1-2H3. The van der Waals surface area contributed by atoms with Crippen molar-refractivity contribution in [2.75, 3.05) is 24.3 Å². The second-order valence-corrected chi connectivity index (χ2v) is 8.24. The van der Waals surface area contributed by atoms with Crippen LogP contribution in [-0.4, -0.2) is 25.7 Å². The molecule has 1 unspecified atom stereocenters. The molecule has 1 aliphatic heterocycles. The topological polar surface area (TPSA) is 64.8 Å². The molecule has 1 heterocycles. The summed E-state index contributed by atoms with van der Waals surface area (Å²) < 4.78 is 25.6. The van der Waals surface area contributed by atoms with Crippen LogP contribution in [0.1, 0.15) is 55.3 Å². The van der Waals surface area contributed by atoms with E-state index in [1.807, 2.05) is 6.07 Å². The molecule has 0 spiro atoms. The van der Waals surface area contributed by atoms with Gasteiger partial charge in [-0.05, 0) is 55.7 Å². The highest BCUT2D eigenvalue weighted by molar-refractivity contribution is 5.69. The highest BCUT2D eigenvalue weighted by Gasteiger charge is 2.28. The van der Waals surface area contributed by atoms with Gasteiger partial charge in [0.05, 0.1) is 30.6 Å². The number of methoxy groups -OCH3 is 1.